The van der Waals surface area contributed by atoms with E-state index >= 15 is 0 Å². The van der Waals surface area contributed by atoms with E-state index < -0.39 is 0 Å². The first-order valence-electron chi connectivity index (χ1n) is 5.42. The zero-order chi connectivity index (χ0) is 10.5. The van der Waals surface area contributed by atoms with Crippen LogP contribution in [0, 0.1) is 5.92 Å². The van der Waals surface area contributed by atoms with E-state index in [0.29, 0.717) is 11.7 Å². The fourth-order valence-electron chi connectivity index (χ4n) is 1.95. The largest absolute Gasteiger partial charge is 0.299 e. The van der Waals surface area contributed by atoms with Gasteiger partial charge in [0.15, 0.2) is 0 Å². The Labute approximate surface area is 94.5 Å². The molecule has 0 N–H and O–H groups in total. The van der Waals surface area contributed by atoms with E-state index in [1.165, 1.54) is 4.90 Å². The maximum absolute atomic E-state index is 11.4. The average molecular weight is 221 g/mol. The smallest absolute Gasteiger partial charge is 0.136 e. The van der Waals surface area contributed by atoms with E-state index in [9.17, 15) is 4.79 Å². The third kappa shape index (κ3) is 3.06. The third-order valence-electron chi connectivity index (χ3n) is 2.82. The second-order valence-electron chi connectivity index (χ2n) is 3.88. The Morgan fingerprint density at radius 1 is 1.40 bits per heavy atom. The van der Waals surface area contributed by atoms with Gasteiger partial charge in [0.2, 0.25) is 0 Å². The molecule has 2 nitrogen and oxygen atoms in total. The van der Waals surface area contributed by atoms with Crippen molar-refractivity contribution in [2.75, 3.05) is 5.75 Å². The minimum Gasteiger partial charge on any atom is -0.299 e. The molecule has 1 atom stereocenters. The zero-order valence-electron chi connectivity index (χ0n) is 8.69. The summed E-state index contributed by atoms with van der Waals surface area (Å²) in [5.74, 6) is 1.87. The highest BCUT2D eigenvalue weighted by atomic mass is 32.2. The van der Waals surface area contributed by atoms with Crippen LogP contribution in [-0.4, -0.2) is 16.5 Å². The Bertz CT molecular complexity index is 326. The summed E-state index contributed by atoms with van der Waals surface area (Å²) in [7, 11) is 0. The van der Waals surface area contributed by atoms with Gasteiger partial charge in [-0.3, -0.25) is 9.78 Å². The number of pyridine rings is 1. The van der Waals surface area contributed by atoms with Gasteiger partial charge in [-0.05, 0) is 37.1 Å². The van der Waals surface area contributed by atoms with Gasteiger partial charge in [0.25, 0.3) is 0 Å². The standard InChI is InChI=1S/C12H15NOS/c14-12-3-1-2-10(12)6-9-15-11-4-7-13-8-5-11/h4-5,7-8,10H,1-3,6,9H2. The summed E-state index contributed by atoms with van der Waals surface area (Å²) < 4.78 is 0. The van der Waals surface area contributed by atoms with Gasteiger partial charge in [0.05, 0.1) is 0 Å². The lowest BCUT2D eigenvalue weighted by Crippen LogP contribution is -2.06. The number of rotatable bonds is 4. The highest BCUT2D eigenvalue weighted by Gasteiger charge is 2.23. The van der Waals surface area contributed by atoms with Crippen LogP contribution in [0.1, 0.15) is 25.7 Å². The van der Waals surface area contributed by atoms with Gasteiger partial charge in [0, 0.05) is 29.6 Å². The Hall–Kier alpha value is -0.830. The quantitative estimate of drug-likeness (QED) is 0.732. The van der Waals surface area contributed by atoms with Crippen LogP contribution in [0.3, 0.4) is 0 Å². The first-order valence-corrected chi connectivity index (χ1v) is 6.40. The molecule has 0 bridgehead atoms. The molecule has 0 spiro atoms. The molecular formula is C12H15NOS. The van der Waals surface area contributed by atoms with Gasteiger partial charge in [-0.15, -0.1) is 11.8 Å². The topological polar surface area (TPSA) is 30.0 Å². The second kappa shape index (κ2) is 5.31. The van der Waals surface area contributed by atoms with Crippen LogP contribution in [0.25, 0.3) is 0 Å². The molecule has 1 fully saturated rings. The van der Waals surface area contributed by atoms with Crippen molar-refractivity contribution in [2.24, 2.45) is 5.92 Å². The van der Waals surface area contributed by atoms with Crippen LogP contribution in [0.15, 0.2) is 29.4 Å². The van der Waals surface area contributed by atoms with Crippen molar-refractivity contribution in [3.05, 3.63) is 24.5 Å². The van der Waals surface area contributed by atoms with Gasteiger partial charge in [-0.25, -0.2) is 0 Å². The molecule has 0 saturated heterocycles. The fourth-order valence-corrected chi connectivity index (χ4v) is 2.90. The van der Waals surface area contributed by atoms with E-state index in [4.69, 9.17) is 0 Å². The van der Waals surface area contributed by atoms with Crippen LogP contribution in [0.5, 0.6) is 0 Å². The number of hydrogen-bond acceptors (Lipinski definition) is 3. The molecule has 1 heterocycles. The van der Waals surface area contributed by atoms with E-state index in [0.717, 1.165) is 31.4 Å². The van der Waals surface area contributed by atoms with E-state index in [1.54, 1.807) is 0 Å². The SMILES string of the molecule is O=C1CCCC1CCSc1ccncc1. The number of Topliss-reactive ketones (excluding diaryl/α,β-unsaturated/α-hetero) is 1. The molecule has 2 rings (SSSR count). The summed E-state index contributed by atoms with van der Waals surface area (Å²) in [5.41, 5.74) is 0. The number of aromatic nitrogens is 1. The summed E-state index contributed by atoms with van der Waals surface area (Å²) in [4.78, 5) is 16.6. The van der Waals surface area contributed by atoms with Crippen molar-refractivity contribution < 1.29 is 4.79 Å². The Kier molecular flexibility index (Phi) is 3.78. The first-order chi connectivity index (χ1) is 7.36. The summed E-state index contributed by atoms with van der Waals surface area (Å²) in [6.07, 6.45) is 7.67. The number of hydrogen-bond donors (Lipinski definition) is 0. The summed E-state index contributed by atoms with van der Waals surface area (Å²) >= 11 is 1.82. The predicted octanol–water partition coefficient (Wildman–Crippen LogP) is 2.93. The van der Waals surface area contributed by atoms with Crippen molar-refractivity contribution in [1.82, 2.24) is 4.98 Å². The van der Waals surface area contributed by atoms with Gasteiger partial charge in [0.1, 0.15) is 5.78 Å². The lowest BCUT2D eigenvalue weighted by molar-refractivity contribution is -0.120. The minimum absolute atomic E-state index is 0.347. The first kappa shape index (κ1) is 10.7. The molecule has 0 aromatic carbocycles. The average Bonchev–Trinajstić information content (AvgIpc) is 2.66. The van der Waals surface area contributed by atoms with Crippen LogP contribution < -0.4 is 0 Å². The van der Waals surface area contributed by atoms with Crippen molar-refractivity contribution in [3.8, 4) is 0 Å². The highest BCUT2D eigenvalue weighted by Crippen LogP contribution is 2.27. The molecular weight excluding hydrogens is 206 g/mol. The van der Waals surface area contributed by atoms with Crippen LogP contribution in [0.4, 0.5) is 0 Å². The predicted molar refractivity (Wildman–Crippen MR) is 61.9 cm³/mol. The number of nitrogens with zero attached hydrogens (tertiary/aromatic N) is 1. The zero-order valence-corrected chi connectivity index (χ0v) is 9.50. The molecule has 0 radical (unpaired) electrons. The van der Waals surface area contributed by atoms with Gasteiger partial charge in [-0.2, -0.15) is 0 Å². The van der Waals surface area contributed by atoms with Gasteiger partial charge < -0.3 is 0 Å². The van der Waals surface area contributed by atoms with E-state index in [-0.39, 0.29) is 0 Å². The molecule has 0 amide bonds. The number of carbonyl (C=O) groups is 1. The third-order valence-corrected chi connectivity index (χ3v) is 3.86. The molecule has 1 aliphatic carbocycles. The fraction of sp³-hybridized carbons (Fsp3) is 0.500. The highest BCUT2D eigenvalue weighted by molar-refractivity contribution is 7.99. The lowest BCUT2D eigenvalue weighted by atomic mass is 10.1. The van der Waals surface area contributed by atoms with Gasteiger partial charge >= 0.3 is 0 Å². The summed E-state index contributed by atoms with van der Waals surface area (Å²) in [6.45, 7) is 0. The molecule has 1 aromatic heterocycles. The Morgan fingerprint density at radius 2 is 2.20 bits per heavy atom. The van der Waals surface area contributed by atoms with E-state index in [2.05, 4.69) is 4.98 Å². The molecule has 15 heavy (non-hydrogen) atoms. The molecule has 80 valence electrons. The van der Waals surface area contributed by atoms with Crippen molar-refractivity contribution in [3.63, 3.8) is 0 Å². The molecule has 1 saturated carbocycles. The number of ketones is 1. The van der Waals surface area contributed by atoms with E-state index in [1.807, 2.05) is 36.3 Å². The maximum atomic E-state index is 11.4. The monoisotopic (exact) mass is 221 g/mol. The van der Waals surface area contributed by atoms with Crippen LogP contribution >= 0.6 is 11.8 Å². The molecule has 0 aliphatic heterocycles. The Balaban J connectivity index is 1.73. The number of carbonyl (C=O) groups excluding carboxylic acids is 1. The van der Waals surface area contributed by atoms with Crippen molar-refractivity contribution >= 4 is 17.5 Å². The lowest BCUT2D eigenvalue weighted by Gasteiger charge is -2.06. The molecule has 1 aromatic rings. The number of thioether (sulfide) groups is 1. The normalized spacial score (nSPS) is 20.8. The molecule has 3 heteroatoms. The second-order valence-corrected chi connectivity index (χ2v) is 5.04. The minimum atomic E-state index is 0.347. The van der Waals surface area contributed by atoms with Crippen LogP contribution in [0.2, 0.25) is 0 Å². The molecule has 1 unspecified atom stereocenters. The summed E-state index contributed by atoms with van der Waals surface area (Å²) in [5, 5.41) is 0. The maximum Gasteiger partial charge on any atom is 0.136 e. The Morgan fingerprint density at radius 3 is 2.87 bits per heavy atom. The van der Waals surface area contributed by atoms with Crippen molar-refractivity contribution in [2.45, 2.75) is 30.6 Å². The van der Waals surface area contributed by atoms with Crippen LogP contribution in [-0.2, 0) is 4.79 Å². The summed E-state index contributed by atoms with van der Waals surface area (Å²) in [6, 6.07) is 4.03. The van der Waals surface area contributed by atoms with Crippen molar-refractivity contribution in [1.29, 1.82) is 0 Å². The van der Waals surface area contributed by atoms with Gasteiger partial charge in [-0.1, -0.05) is 0 Å². The molecule has 1 aliphatic rings.